The summed E-state index contributed by atoms with van der Waals surface area (Å²) in [6, 6.07) is 5.57. The van der Waals surface area contributed by atoms with Crippen LogP contribution in [0, 0.1) is 0 Å². The lowest BCUT2D eigenvalue weighted by Crippen LogP contribution is -2.23. The number of hydrogen-bond donors (Lipinski definition) is 0. The fourth-order valence-corrected chi connectivity index (χ4v) is 1.85. The maximum Gasteiger partial charge on any atom is 0.310 e. The first-order valence-electron chi connectivity index (χ1n) is 6.88. The summed E-state index contributed by atoms with van der Waals surface area (Å²) in [6.45, 7) is 7.49. The number of hydrogen-bond acceptors (Lipinski definition) is 4. The molecule has 0 amide bonds. The van der Waals surface area contributed by atoms with Crippen LogP contribution in [0.25, 0.3) is 5.57 Å². The molecular weight excluding hydrogens is 268 g/mol. The smallest absolute Gasteiger partial charge is 0.310 e. The van der Waals surface area contributed by atoms with Gasteiger partial charge in [-0.1, -0.05) is 6.08 Å². The Morgan fingerprint density at radius 3 is 2.38 bits per heavy atom. The molecule has 0 heterocycles. The Kier molecular flexibility index (Phi) is 5.82. The van der Waals surface area contributed by atoms with E-state index in [9.17, 15) is 4.79 Å². The Morgan fingerprint density at radius 1 is 1.19 bits per heavy atom. The van der Waals surface area contributed by atoms with Crippen molar-refractivity contribution in [2.24, 2.45) is 0 Å². The normalized spacial score (nSPS) is 12.0. The number of esters is 1. The van der Waals surface area contributed by atoms with Crippen molar-refractivity contribution in [1.82, 2.24) is 0 Å². The molecule has 0 bridgehead atoms. The van der Waals surface area contributed by atoms with Gasteiger partial charge in [0.1, 0.15) is 17.1 Å². The van der Waals surface area contributed by atoms with Crippen molar-refractivity contribution in [3.63, 3.8) is 0 Å². The predicted molar refractivity (Wildman–Crippen MR) is 83.7 cm³/mol. The van der Waals surface area contributed by atoms with Crippen LogP contribution in [0.1, 0.15) is 39.7 Å². The molecule has 0 aliphatic rings. The van der Waals surface area contributed by atoms with Crippen molar-refractivity contribution in [1.29, 1.82) is 0 Å². The summed E-state index contributed by atoms with van der Waals surface area (Å²) < 4.78 is 15.8. The number of allylic oxidation sites excluding steroid dienone is 1. The molecular formula is C17H24O4. The summed E-state index contributed by atoms with van der Waals surface area (Å²) >= 11 is 0. The summed E-state index contributed by atoms with van der Waals surface area (Å²) in [4.78, 5) is 11.7. The average molecular weight is 292 g/mol. The number of ether oxygens (including phenoxy) is 3. The molecule has 0 fully saturated rings. The van der Waals surface area contributed by atoms with Gasteiger partial charge >= 0.3 is 5.97 Å². The van der Waals surface area contributed by atoms with Crippen molar-refractivity contribution in [3.8, 4) is 11.5 Å². The molecule has 0 aliphatic carbocycles. The Labute approximate surface area is 126 Å². The topological polar surface area (TPSA) is 44.8 Å². The summed E-state index contributed by atoms with van der Waals surface area (Å²) in [5.41, 5.74) is 1.38. The van der Waals surface area contributed by atoms with E-state index in [1.165, 1.54) is 0 Å². The van der Waals surface area contributed by atoms with Gasteiger partial charge < -0.3 is 14.2 Å². The van der Waals surface area contributed by atoms with E-state index in [0.29, 0.717) is 0 Å². The minimum atomic E-state index is -0.466. The minimum absolute atomic E-state index is 0.226. The molecule has 1 rings (SSSR count). The van der Waals surface area contributed by atoms with Crippen LogP contribution in [0.15, 0.2) is 24.3 Å². The summed E-state index contributed by atoms with van der Waals surface area (Å²) in [6.07, 6.45) is 2.06. The van der Waals surface area contributed by atoms with Gasteiger partial charge in [-0.15, -0.1) is 0 Å². The minimum Gasteiger partial charge on any atom is -0.497 e. The second kappa shape index (κ2) is 7.16. The van der Waals surface area contributed by atoms with Gasteiger partial charge in [-0.25, -0.2) is 0 Å². The zero-order valence-corrected chi connectivity index (χ0v) is 13.6. The van der Waals surface area contributed by atoms with Gasteiger partial charge in [0.2, 0.25) is 0 Å². The van der Waals surface area contributed by atoms with E-state index in [1.54, 1.807) is 14.2 Å². The molecule has 1 aromatic rings. The van der Waals surface area contributed by atoms with Crippen LogP contribution < -0.4 is 9.47 Å². The van der Waals surface area contributed by atoms with Crippen LogP contribution in [0.3, 0.4) is 0 Å². The third-order valence-corrected chi connectivity index (χ3v) is 2.83. The number of rotatable bonds is 5. The first-order chi connectivity index (χ1) is 9.76. The zero-order chi connectivity index (χ0) is 16.0. The van der Waals surface area contributed by atoms with Crippen molar-refractivity contribution < 1.29 is 19.0 Å². The molecule has 0 saturated heterocycles. The van der Waals surface area contributed by atoms with Crippen LogP contribution in [-0.4, -0.2) is 25.8 Å². The highest BCUT2D eigenvalue weighted by Crippen LogP contribution is 2.30. The largest absolute Gasteiger partial charge is 0.497 e. The van der Waals surface area contributed by atoms with Gasteiger partial charge in [0.05, 0.1) is 20.6 Å². The molecule has 21 heavy (non-hydrogen) atoms. The quantitative estimate of drug-likeness (QED) is 0.773. The Hall–Kier alpha value is -1.97. The van der Waals surface area contributed by atoms with E-state index < -0.39 is 5.60 Å². The number of carbonyl (C=O) groups excluding carboxylic acids is 1. The van der Waals surface area contributed by atoms with Gasteiger partial charge in [-0.3, -0.25) is 4.79 Å². The molecule has 4 heteroatoms. The Balaban J connectivity index is 2.89. The van der Waals surface area contributed by atoms with Crippen molar-refractivity contribution >= 4 is 11.5 Å². The molecule has 0 N–H and O–H groups in total. The first-order valence-corrected chi connectivity index (χ1v) is 6.88. The SMILES string of the molecule is COc1ccc(OC)c(/C(C)=C\CC(=O)OC(C)(C)C)c1. The number of methoxy groups -OCH3 is 2. The van der Waals surface area contributed by atoms with Gasteiger partial charge in [-0.05, 0) is 51.5 Å². The van der Waals surface area contributed by atoms with Crippen LogP contribution in [0.2, 0.25) is 0 Å². The lowest BCUT2D eigenvalue weighted by atomic mass is 10.0. The van der Waals surface area contributed by atoms with Crippen LogP contribution in [0.4, 0.5) is 0 Å². The van der Waals surface area contributed by atoms with E-state index in [0.717, 1.165) is 22.6 Å². The molecule has 0 spiro atoms. The van der Waals surface area contributed by atoms with Crippen molar-refractivity contribution in [2.75, 3.05) is 14.2 Å². The van der Waals surface area contributed by atoms with Gasteiger partial charge in [0, 0.05) is 5.56 Å². The van der Waals surface area contributed by atoms with Crippen molar-refractivity contribution in [3.05, 3.63) is 29.8 Å². The lowest BCUT2D eigenvalue weighted by molar-refractivity contribution is -0.153. The summed E-state index contributed by atoms with van der Waals surface area (Å²) in [7, 11) is 3.23. The molecule has 0 saturated carbocycles. The molecule has 0 unspecified atom stereocenters. The molecule has 0 aliphatic heterocycles. The second-order valence-corrected chi connectivity index (χ2v) is 5.74. The predicted octanol–water partition coefficient (Wildman–Crippen LogP) is 3.84. The average Bonchev–Trinajstić information content (AvgIpc) is 2.42. The Bertz CT molecular complexity index is 524. The van der Waals surface area contributed by atoms with E-state index in [-0.39, 0.29) is 12.4 Å². The molecule has 0 atom stereocenters. The molecule has 0 aromatic heterocycles. The maximum absolute atomic E-state index is 11.7. The third kappa shape index (κ3) is 5.50. The standard InChI is InChI=1S/C17H24O4/c1-12(7-10-16(18)21-17(2,3)4)14-11-13(19-5)8-9-15(14)20-6/h7-9,11H,10H2,1-6H3/b12-7-. The van der Waals surface area contributed by atoms with E-state index in [2.05, 4.69) is 0 Å². The lowest BCUT2D eigenvalue weighted by Gasteiger charge is -2.19. The first kappa shape index (κ1) is 17.1. The molecule has 4 nitrogen and oxygen atoms in total. The van der Waals surface area contributed by atoms with Gasteiger partial charge in [-0.2, -0.15) is 0 Å². The highest BCUT2D eigenvalue weighted by atomic mass is 16.6. The van der Waals surface area contributed by atoms with E-state index >= 15 is 0 Å². The zero-order valence-electron chi connectivity index (χ0n) is 13.6. The maximum atomic E-state index is 11.7. The fourth-order valence-electron chi connectivity index (χ4n) is 1.85. The molecule has 0 radical (unpaired) electrons. The fraction of sp³-hybridized carbons (Fsp3) is 0.471. The van der Waals surface area contributed by atoms with E-state index in [4.69, 9.17) is 14.2 Å². The monoisotopic (exact) mass is 292 g/mol. The van der Waals surface area contributed by atoms with Crippen LogP contribution >= 0.6 is 0 Å². The third-order valence-electron chi connectivity index (χ3n) is 2.83. The van der Waals surface area contributed by atoms with Gasteiger partial charge in [0.15, 0.2) is 0 Å². The Morgan fingerprint density at radius 2 is 1.86 bits per heavy atom. The molecule has 1 aromatic carbocycles. The summed E-state index contributed by atoms with van der Waals surface area (Å²) in [5.74, 6) is 1.24. The number of carbonyl (C=O) groups is 1. The van der Waals surface area contributed by atoms with Gasteiger partial charge in [0.25, 0.3) is 0 Å². The van der Waals surface area contributed by atoms with Crippen molar-refractivity contribution in [2.45, 2.75) is 39.7 Å². The highest BCUT2D eigenvalue weighted by Gasteiger charge is 2.15. The highest BCUT2D eigenvalue weighted by molar-refractivity contribution is 5.77. The van der Waals surface area contributed by atoms with Crippen LogP contribution in [0.5, 0.6) is 11.5 Å². The second-order valence-electron chi connectivity index (χ2n) is 5.74. The van der Waals surface area contributed by atoms with Crippen LogP contribution in [-0.2, 0) is 9.53 Å². The number of benzene rings is 1. The van der Waals surface area contributed by atoms with E-state index in [1.807, 2.05) is 52.0 Å². The molecule has 116 valence electrons. The summed E-state index contributed by atoms with van der Waals surface area (Å²) in [5, 5.41) is 0.